The number of hydrogen-bond acceptors (Lipinski definition) is 6. The molecule has 0 fully saturated rings. The Labute approximate surface area is 210 Å². The molecule has 3 aromatic rings. The third-order valence-corrected chi connectivity index (χ3v) is 5.78. The number of amides is 1. The van der Waals surface area contributed by atoms with Crippen LogP contribution in [0.15, 0.2) is 48.8 Å². The predicted molar refractivity (Wildman–Crippen MR) is 140 cm³/mol. The number of hydrogen-bond donors (Lipinski definition) is 3. The Bertz CT molecular complexity index is 1190. The second-order valence-corrected chi connectivity index (χ2v) is 8.65. The summed E-state index contributed by atoms with van der Waals surface area (Å²) in [4.78, 5) is 21.1. The third-order valence-electron chi connectivity index (χ3n) is 5.49. The van der Waals surface area contributed by atoms with Gasteiger partial charge < -0.3 is 20.7 Å². The number of nitrogens with zero attached hydrogens (tertiary/aromatic N) is 2. The van der Waals surface area contributed by atoms with Gasteiger partial charge in [0.25, 0.3) is 0 Å². The number of methoxy groups -OCH3 is 1. The molecule has 0 bridgehead atoms. The van der Waals surface area contributed by atoms with Crippen molar-refractivity contribution in [1.82, 2.24) is 15.3 Å². The first-order chi connectivity index (χ1) is 16.9. The number of carbonyl (C=O) groups excluding carboxylic acids is 1. The molecule has 0 saturated heterocycles. The molecule has 0 radical (unpaired) electrons. The molecule has 1 atom stereocenters. The normalized spacial score (nSPS) is 12.1. The Morgan fingerprint density at radius 2 is 2.06 bits per heavy atom. The van der Waals surface area contributed by atoms with E-state index in [9.17, 15) is 9.18 Å². The maximum Gasteiger partial charge on any atom is 0.248 e. The minimum atomic E-state index is -0.506. The van der Waals surface area contributed by atoms with E-state index in [4.69, 9.17) is 16.3 Å². The zero-order valence-electron chi connectivity index (χ0n) is 20.2. The highest BCUT2D eigenvalue weighted by Crippen LogP contribution is 2.33. The highest BCUT2D eigenvalue weighted by molar-refractivity contribution is 6.31. The molecule has 2 aromatic carbocycles. The Balaban J connectivity index is 1.72. The van der Waals surface area contributed by atoms with E-state index >= 15 is 0 Å². The summed E-state index contributed by atoms with van der Waals surface area (Å²) in [6.07, 6.45) is 9.46. The van der Waals surface area contributed by atoms with Crippen LogP contribution in [0.4, 0.5) is 21.6 Å². The molecular weight excluding hydrogens is 469 g/mol. The van der Waals surface area contributed by atoms with Gasteiger partial charge in [-0.05, 0) is 37.6 Å². The van der Waals surface area contributed by atoms with Crippen LogP contribution in [0.25, 0.3) is 10.9 Å². The van der Waals surface area contributed by atoms with Gasteiger partial charge in [0.1, 0.15) is 23.7 Å². The fourth-order valence-corrected chi connectivity index (χ4v) is 3.75. The van der Waals surface area contributed by atoms with E-state index in [1.807, 2.05) is 0 Å². The quantitative estimate of drug-likeness (QED) is 0.202. The van der Waals surface area contributed by atoms with Gasteiger partial charge in [0.2, 0.25) is 5.91 Å². The van der Waals surface area contributed by atoms with Gasteiger partial charge in [0, 0.05) is 35.8 Å². The van der Waals surface area contributed by atoms with E-state index in [1.54, 1.807) is 24.3 Å². The van der Waals surface area contributed by atoms with Crippen molar-refractivity contribution in [3.05, 3.63) is 59.7 Å². The number of unbranched alkanes of at least 4 members (excludes halogenated alkanes) is 2. The van der Waals surface area contributed by atoms with Crippen molar-refractivity contribution in [3.8, 4) is 5.75 Å². The molecule has 0 aliphatic carbocycles. The van der Waals surface area contributed by atoms with Crippen LogP contribution in [0.5, 0.6) is 5.75 Å². The molecule has 0 aliphatic rings. The maximum atomic E-state index is 13.5. The van der Waals surface area contributed by atoms with E-state index in [0.717, 1.165) is 6.42 Å². The zero-order valence-corrected chi connectivity index (χ0v) is 21.0. The van der Waals surface area contributed by atoms with Gasteiger partial charge >= 0.3 is 0 Å². The average molecular weight is 500 g/mol. The molecule has 1 heterocycles. The Kier molecular flexibility index (Phi) is 9.81. The molecular formula is C26H31ClFN5O2. The van der Waals surface area contributed by atoms with Gasteiger partial charge in [0.05, 0.1) is 23.3 Å². The molecule has 9 heteroatoms. The summed E-state index contributed by atoms with van der Waals surface area (Å²) < 4.78 is 19.0. The molecule has 186 valence electrons. The largest absolute Gasteiger partial charge is 0.494 e. The summed E-state index contributed by atoms with van der Waals surface area (Å²) in [7, 11) is 1.53. The molecule has 0 aliphatic heterocycles. The molecule has 0 spiro atoms. The molecule has 1 amide bonds. The van der Waals surface area contributed by atoms with E-state index in [1.165, 1.54) is 50.9 Å². The van der Waals surface area contributed by atoms with Crippen LogP contribution in [-0.2, 0) is 4.79 Å². The first-order valence-electron chi connectivity index (χ1n) is 11.7. The van der Waals surface area contributed by atoms with Crippen molar-refractivity contribution in [2.24, 2.45) is 0 Å². The van der Waals surface area contributed by atoms with E-state index in [2.05, 4.69) is 39.8 Å². The minimum Gasteiger partial charge on any atom is -0.494 e. The summed E-state index contributed by atoms with van der Waals surface area (Å²) in [5, 5.41) is 10.0. The fourth-order valence-electron chi connectivity index (χ4n) is 3.57. The van der Waals surface area contributed by atoms with Gasteiger partial charge in [-0.1, -0.05) is 43.9 Å². The maximum absolute atomic E-state index is 13.5. The second-order valence-electron chi connectivity index (χ2n) is 8.24. The van der Waals surface area contributed by atoms with Crippen molar-refractivity contribution in [1.29, 1.82) is 0 Å². The van der Waals surface area contributed by atoms with Crippen LogP contribution in [0.3, 0.4) is 0 Å². The predicted octanol–water partition coefficient (Wildman–Crippen LogP) is 6.23. The molecule has 3 rings (SSSR count). The zero-order chi connectivity index (χ0) is 25.2. The first-order valence-corrected chi connectivity index (χ1v) is 12.0. The first kappa shape index (κ1) is 26.4. The summed E-state index contributed by atoms with van der Waals surface area (Å²) in [6, 6.07) is 8.17. The monoisotopic (exact) mass is 499 g/mol. The van der Waals surface area contributed by atoms with Gasteiger partial charge in [0.15, 0.2) is 0 Å². The van der Waals surface area contributed by atoms with Crippen molar-refractivity contribution < 1.29 is 13.9 Å². The summed E-state index contributed by atoms with van der Waals surface area (Å²) in [5.74, 6) is 0.164. The number of ether oxygens (including phenoxy) is 1. The Hall–Kier alpha value is -3.23. The smallest absolute Gasteiger partial charge is 0.248 e. The molecule has 35 heavy (non-hydrogen) atoms. The number of aromatic nitrogens is 2. The number of fused-ring (bicyclic) bond motifs is 1. The SMILES string of the molecule is CCCCCC(C)NC/C=C/C(=O)Nc1cc2c(Nc3ccc(F)c(Cl)c3)ncnc2cc1OC. The van der Waals surface area contributed by atoms with E-state index in [0.29, 0.717) is 46.4 Å². The lowest BCUT2D eigenvalue weighted by Gasteiger charge is -2.13. The van der Waals surface area contributed by atoms with Crippen LogP contribution in [0.2, 0.25) is 5.02 Å². The summed E-state index contributed by atoms with van der Waals surface area (Å²) in [6.45, 7) is 4.95. The molecule has 1 aromatic heterocycles. The highest BCUT2D eigenvalue weighted by Gasteiger charge is 2.13. The Morgan fingerprint density at radius 1 is 1.23 bits per heavy atom. The number of benzene rings is 2. The fraction of sp³-hybridized carbons (Fsp3) is 0.346. The van der Waals surface area contributed by atoms with Crippen LogP contribution in [0.1, 0.15) is 39.5 Å². The lowest BCUT2D eigenvalue weighted by atomic mass is 10.1. The van der Waals surface area contributed by atoms with Crippen molar-refractivity contribution >= 4 is 45.6 Å². The molecule has 1 unspecified atom stereocenters. The lowest BCUT2D eigenvalue weighted by molar-refractivity contribution is -0.111. The van der Waals surface area contributed by atoms with Crippen molar-refractivity contribution in [2.75, 3.05) is 24.3 Å². The molecule has 3 N–H and O–H groups in total. The van der Waals surface area contributed by atoms with Gasteiger partial charge in [-0.2, -0.15) is 0 Å². The summed E-state index contributed by atoms with van der Waals surface area (Å²) in [5.41, 5.74) is 1.66. The van der Waals surface area contributed by atoms with Crippen molar-refractivity contribution in [3.63, 3.8) is 0 Å². The minimum absolute atomic E-state index is 0.000358. The lowest BCUT2D eigenvalue weighted by Crippen LogP contribution is -2.26. The number of halogens is 2. The highest BCUT2D eigenvalue weighted by atomic mass is 35.5. The van der Waals surface area contributed by atoms with E-state index < -0.39 is 5.82 Å². The van der Waals surface area contributed by atoms with E-state index in [-0.39, 0.29) is 10.9 Å². The number of rotatable bonds is 12. The van der Waals surface area contributed by atoms with Crippen LogP contribution in [0, 0.1) is 5.82 Å². The van der Waals surface area contributed by atoms with Gasteiger partial charge in [-0.3, -0.25) is 4.79 Å². The Morgan fingerprint density at radius 3 is 2.80 bits per heavy atom. The second kappa shape index (κ2) is 13.0. The van der Waals surface area contributed by atoms with Crippen LogP contribution < -0.4 is 20.7 Å². The number of anilines is 3. The van der Waals surface area contributed by atoms with Gasteiger partial charge in [-0.25, -0.2) is 14.4 Å². The molecule has 7 nitrogen and oxygen atoms in total. The topological polar surface area (TPSA) is 88.2 Å². The average Bonchev–Trinajstić information content (AvgIpc) is 2.84. The molecule has 0 saturated carbocycles. The third kappa shape index (κ3) is 7.63. The number of carbonyl (C=O) groups is 1. The van der Waals surface area contributed by atoms with Crippen LogP contribution in [-0.4, -0.2) is 35.6 Å². The van der Waals surface area contributed by atoms with Crippen LogP contribution >= 0.6 is 11.6 Å². The standard InChI is InChI=1S/C26H31ClFN5O2/c1-4-5-6-8-17(2)29-12-7-9-25(34)33-23-14-19-22(15-24(23)35-3)30-16-31-26(19)32-18-10-11-21(28)20(27)13-18/h7,9-11,13-17,29H,4-6,8,12H2,1-3H3,(H,33,34)(H,30,31,32)/b9-7+. The summed E-state index contributed by atoms with van der Waals surface area (Å²) >= 11 is 5.90. The number of nitrogens with one attached hydrogen (secondary N) is 3. The van der Waals surface area contributed by atoms with Gasteiger partial charge in [-0.15, -0.1) is 0 Å². The van der Waals surface area contributed by atoms with Crippen molar-refractivity contribution in [2.45, 2.75) is 45.6 Å².